The van der Waals surface area contributed by atoms with Gasteiger partial charge in [0, 0.05) is 16.8 Å². The van der Waals surface area contributed by atoms with Gasteiger partial charge in [-0.3, -0.25) is 9.52 Å². The zero-order valence-electron chi connectivity index (χ0n) is 15.4. The third-order valence-electron chi connectivity index (χ3n) is 4.16. The number of anilines is 2. The number of carbonyl (C=O) groups excluding carboxylic acids is 2. The van der Waals surface area contributed by atoms with Crippen LogP contribution < -0.4 is 15.1 Å². The molecule has 0 aliphatic heterocycles. The quantitative estimate of drug-likeness (QED) is 0.649. The Morgan fingerprint density at radius 2 is 1.55 bits per heavy atom. The van der Waals surface area contributed by atoms with Gasteiger partial charge in [-0.05, 0) is 42.8 Å². The Bertz CT molecular complexity index is 1170. The highest BCUT2D eigenvalue weighted by atomic mass is 32.2. The first-order valence-electron chi connectivity index (χ1n) is 8.58. The van der Waals surface area contributed by atoms with E-state index in [1.54, 1.807) is 43.3 Å². The number of amides is 1. The number of hydrogen-bond acceptors (Lipinski definition) is 5. The molecule has 0 saturated heterocycles. The molecule has 0 spiro atoms. The first kappa shape index (κ1) is 20.1. The molecule has 8 heteroatoms. The molecule has 0 saturated carbocycles. The average molecular weight is 409 g/mol. The molecule has 0 unspecified atom stereocenters. The third kappa shape index (κ3) is 4.61. The predicted octanol–water partition coefficient (Wildman–Crippen LogP) is 2.41. The summed E-state index contributed by atoms with van der Waals surface area (Å²) in [4.78, 5) is 23.7. The van der Waals surface area contributed by atoms with Crippen molar-refractivity contribution >= 4 is 33.3 Å². The smallest absolute Gasteiger partial charge is 0.262 e. The summed E-state index contributed by atoms with van der Waals surface area (Å²) in [6.45, 7) is 1.62. The van der Waals surface area contributed by atoms with Gasteiger partial charge in [0.25, 0.3) is 15.9 Å². The Morgan fingerprint density at radius 3 is 2.24 bits per heavy atom. The van der Waals surface area contributed by atoms with Crippen molar-refractivity contribution in [2.75, 3.05) is 10.0 Å². The van der Waals surface area contributed by atoms with E-state index in [9.17, 15) is 23.1 Å². The number of aromatic carboxylic acids is 1. The van der Waals surface area contributed by atoms with Crippen molar-refractivity contribution in [1.82, 2.24) is 0 Å². The number of nitrogens with one attached hydrogen (secondary N) is 2. The number of rotatable bonds is 6. The molecule has 3 rings (SSSR count). The third-order valence-corrected chi connectivity index (χ3v) is 5.68. The Labute approximate surface area is 168 Å². The fourth-order valence-corrected chi connectivity index (χ4v) is 4.04. The van der Waals surface area contributed by atoms with Gasteiger partial charge in [0.05, 0.1) is 16.6 Å². The van der Waals surface area contributed by atoms with Crippen LogP contribution in [0.25, 0.3) is 0 Å². The lowest BCUT2D eigenvalue weighted by Crippen LogP contribution is -2.25. The van der Waals surface area contributed by atoms with E-state index in [1.165, 1.54) is 36.4 Å². The summed E-state index contributed by atoms with van der Waals surface area (Å²) in [6.07, 6.45) is 0. The molecule has 29 heavy (non-hydrogen) atoms. The van der Waals surface area contributed by atoms with Crippen LogP contribution in [0, 0.1) is 6.92 Å². The van der Waals surface area contributed by atoms with Crippen LogP contribution in [0.2, 0.25) is 0 Å². The topological polar surface area (TPSA) is 115 Å². The number of aryl methyl sites for hydroxylation is 1. The number of carboxylic acid groups (broad SMARTS) is 1. The molecular formula is C21H17N2O5S-. The average Bonchev–Trinajstić information content (AvgIpc) is 2.68. The molecular weight excluding hydrogens is 392 g/mol. The van der Waals surface area contributed by atoms with E-state index in [4.69, 9.17) is 0 Å². The molecule has 3 aromatic carbocycles. The SMILES string of the molecule is Cc1ccc(C(=O)Nc2ccccc2C(=O)[O-])cc1S(=O)(=O)Nc1ccccc1. The van der Waals surface area contributed by atoms with E-state index in [0.29, 0.717) is 11.3 Å². The van der Waals surface area contributed by atoms with Crippen LogP contribution in [0.4, 0.5) is 11.4 Å². The van der Waals surface area contributed by atoms with Crippen molar-refractivity contribution in [2.45, 2.75) is 11.8 Å². The standard InChI is InChI=1S/C21H18N2O5S/c1-14-11-12-15(20(24)22-18-10-6-5-9-17(18)21(25)26)13-19(14)29(27,28)23-16-7-3-2-4-8-16/h2-13,23H,1H3,(H,22,24)(H,25,26)/p-1. The summed E-state index contributed by atoms with van der Waals surface area (Å²) in [5.74, 6) is -2.07. The Kier molecular flexibility index (Phi) is 5.65. The second-order valence-corrected chi connectivity index (χ2v) is 7.89. The van der Waals surface area contributed by atoms with Crippen LogP contribution in [0.15, 0.2) is 77.7 Å². The molecule has 0 radical (unpaired) electrons. The molecule has 3 aromatic rings. The second-order valence-electron chi connectivity index (χ2n) is 6.24. The fourth-order valence-electron chi connectivity index (χ4n) is 2.71. The van der Waals surface area contributed by atoms with Crippen LogP contribution in [-0.4, -0.2) is 20.3 Å². The maximum absolute atomic E-state index is 12.8. The molecule has 0 bridgehead atoms. The van der Waals surface area contributed by atoms with Gasteiger partial charge in [0.15, 0.2) is 0 Å². The van der Waals surface area contributed by atoms with E-state index < -0.39 is 21.9 Å². The summed E-state index contributed by atoms with van der Waals surface area (Å²) in [7, 11) is -3.93. The monoisotopic (exact) mass is 409 g/mol. The minimum absolute atomic E-state index is 0.0535. The van der Waals surface area contributed by atoms with Gasteiger partial charge in [-0.2, -0.15) is 0 Å². The Balaban J connectivity index is 1.91. The van der Waals surface area contributed by atoms with E-state index in [0.717, 1.165) is 0 Å². The lowest BCUT2D eigenvalue weighted by Gasteiger charge is -2.14. The number of para-hydroxylation sites is 2. The minimum Gasteiger partial charge on any atom is -0.545 e. The maximum atomic E-state index is 12.8. The summed E-state index contributed by atoms with van der Waals surface area (Å²) >= 11 is 0. The van der Waals surface area contributed by atoms with Crippen molar-refractivity contribution in [3.63, 3.8) is 0 Å². The highest BCUT2D eigenvalue weighted by molar-refractivity contribution is 7.92. The molecule has 148 valence electrons. The normalized spacial score (nSPS) is 10.9. The molecule has 1 amide bonds. The zero-order valence-corrected chi connectivity index (χ0v) is 16.2. The van der Waals surface area contributed by atoms with Crippen molar-refractivity contribution in [1.29, 1.82) is 0 Å². The molecule has 7 nitrogen and oxygen atoms in total. The van der Waals surface area contributed by atoms with Crippen LogP contribution in [0.5, 0.6) is 0 Å². The molecule has 0 aliphatic rings. The molecule has 0 aromatic heterocycles. The first-order valence-corrected chi connectivity index (χ1v) is 10.1. The lowest BCUT2D eigenvalue weighted by molar-refractivity contribution is -0.254. The summed E-state index contributed by atoms with van der Waals surface area (Å²) in [6, 6.07) is 18.4. The molecule has 0 fully saturated rings. The summed E-state index contributed by atoms with van der Waals surface area (Å²) < 4.78 is 28.0. The van der Waals surface area contributed by atoms with Crippen molar-refractivity contribution < 1.29 is 23.1 Å². The first-order chi connectivity index (χ1) is 13.8. The van der Waals surface area contributed by atoms with E-state index >= 15 is 0 Å². The molecule has 0 heterocycles. The number of carboxylic acids is 1. The van der Waals surface area contributed by atoms with Crippen LogP contribution >= 0.6 is 0 Å². The highest BCUT2D eigenvalue weighted by Gasteiger charge is 2.20. The van der Waals surface area contributed by atoms with Gasteiger partial charge in [-0.15, -0.1) is 0 Å². The predicted molar refractivity (Wildman–Crippen MR) is 107 cm³/mol. The van der Waals surface area contributed by atoms with E-state index in [2.05, 4.69) is 10.0 Å². The van der Waals surface area contributed by atoms with Gasteiger partial charge in [0.2, 0.25) is 0 Å². The summed E-state index contributed by atoms with van der Waals surface area (Å²) in [5, 5.41) is 13.7. The van der Waals surface area contributed by atoms with Gasteiger partial charge >= 0.3 is 0 Å². The Morgan fingerprint density at radius 1 is 0.897 bits per heavy atom. The highest BCUT2D eigenvalue weighted by Crippen LogP contribution is 2.22. The van der Waals surface area contributed by atoms with Gasteiger partial charge in [-0.25, -0.2) is 8.42 Å². The Hall–Kier alpha value is -3.65. The molecule has 0 atom stereocenters. The second kappa shape index (κ2) is 8.15. The van der Waals surface area contributed by atoms with Crippen LogP contribution in [0.1, 0.15) is 26.3 Å². The van der Waals surface area contributed by atoms with Gasteiger partial charge < -0.3 is 15.2 Å². The fraction of sp³-hybridized carbons (Fsp3) is 0.0476. The van der Waals surface area contributed by atoms with Crippen molar-refractivity contribution in [3.05, 3.63) is 89.5 Å². The largest absolute Gasteiger partial charge is 0.545 e. The van der Waals surface area contributed by atoms with Crippen LogP contribution in [-0.2, 0) is 10.0 Å². The maximum Gasteiger partial charge on any atom is 0.262 e. The lowest BCUT2D eigenvalue weighted by atomic mass is 10.1. The summed E-state index contributed by atoms with van der Waals surface area (Å²) in [5.41, 5.74) is 0.804. The number of sulfonamides is 1. The van der Waals surface area contributed by atoms with E-state index in [1.807, 2.05) is 0 Å². The number of carbonyl (C=O) groups is 2. The number of hydrogen-bond donors (Lipinski definition) is 2. The number of benzene rings is 3. The van der Waals surface area contributed by atoms with Gasteiger partial charge in [0.1, 0.15) is 0 Å². The molecule has 0 aliphatic carbocycles. The minimum atomic E-state index is -3.93. The van der Waals surface area contributed by atoms with E-state index in [-0.39, 0.29) is 21.7 Å². The van der Waals surface area contributed by atoms with Gasteiger partial charge in [-0.1, -0.05) is 42.5 Å². The van der Waals surface area contributed by atoms with Crippen LogP contribution in [0.3, 0.4) is 0 Å². The molecule has 2 N–H and O–H groups in total. The zero-order chi connectivity index (χ0) is 21.0. The van der Waals surface area contributed by atoms with Crippen molar-refractivity contribution in [2.24, 2.45) is 0 Å². The van der Waals surface area contributed by atoms with Crippen molar-refractivity contribution in [3.8, 4) is 0 Å².